The molecule has 1 aliphatic rings. The number of nitrogens with zero attached hydrogens (tertiary/aromatic N) is 1. The smallest absolute Gasteiger partial charge is 0.243 e. The molecule has 0 atom stereocenters. The zero-order valence-electron chi connectivity index (χ0n) is 14.8. The molecule has 0 aliphatic carbocycles. The van der Waals surface area contributed by atoms with Gasteiger partial charge in [-0.05, 0) is 31.0 Å². The Morgan fingerprint density at radius 2 is 1.73 bits per heavy atom. The highest BCUT2D eigenvalue weighted by molar-refractivity contribution is 7.89. The van der Waals surface area contributed by atoms with Crippen LogP contribution >= 0.6 is 0 Å². The lowest BCUT2D eigenvalue weighted by Crippen LogP contribution is -2.40. The van der Waals surface area contributed by atoms with Crippen molar-refractivity contribution in [2.24, 2.45) is 0 Å². The fraction of sp³-hybridized carbons (Fsp3) is 0.368. The minimum absolute atomic E-state index is 0.0967. The molecule has 2 aromatic rings. The largest absolute Gasteiger partial charge is 0.496 e. The molecule has 140 valence electrons. The van der Waals surface area contributed by atoms with E-state index in [0.717, 1.165) is 0 Å². The monoisotopic (exact) mass is 379 g/mol. The summed E-state index contributed by atoms with van der Waals surface area (Å²) in [5, 5.41) is 0. The molecule has 1 fully saturated rings. The predicted molar refractivity (Wildman–Crippen MR) is 97.2 cm³/mol. The van der Waals surface area contributed by atoms with Gasteiger partial charge in [0.05, 0.1) is 18.1 Å². The second-order valence-corrected chi connectivity index (χ2v) is 8.12. The zero-order chi connectivity index (χ0) is 18.7. The molecule has 0 saturated carbocycles. The van der Waals surface area contributed by atoms with E-state index in [1.165, 1.54) is 29.6 Å². The molecule has 3 rings (SSSR count). The maximum atomic E-state index is 14.1. The van der Waals surface area contributed by atoms with Crippen LogP contribution < -0.4 is 4.74 Å². The maximum absolute atomic E-state index is 14.1. The molecule has 0 bridgehead atoms. The Balaban J connectivity index is 1.93. The van der Waals surface area contributed by atoms with E-state index in [4.69, 9.17) is 9.47 Å². The molecule has 0 spiro atoms. The van der Waals surface area contributed by atoms with Crippen LogP contribution in [0, 0.1) is 5.82 Å². The van der Waals surface area contributed by atoms with E-state index in [1.807, 2.05) is 0 Å². The zero-order valence-corrected chi connectivity index (χ0v) is 15.6. The molecule has 0 N–H and O–H groups in total. The van der Waals surface area contributed by atoms with Crippen LogP contribution in [0.15, 0.2) is 47.4 Å². The van der Waals surface area contributed by atoms with Crippen LogP contribution in [0.2, 0.25) is 0 Å². The first-order valence-electron chi connectivity index (χ1n) is 8.43. The molecule has 1 heterocycles. The van der Waals surface area contributed by atoms with Crippen LogP contribution in [0.3, 0.4) is 0 Å². The molecular weight excluding hydrogens is 357 g/mol. The van der Waals surface area contributed by atoms with Gasteiger partial charge in [-0.3, -0.25) is 0 Å². The lowest BCUT2D eigenvalue weighted by atomic mass is 10.0. The summed E-state index contributed by atoms with van der Waals surface area (Å²) >= 11 is 0. The molecule has 5 nitrogen and oxygen atoms in total. The minimum Gasteiger partial charge on any atom is -0.496 e. The summed E-state index contributed by atoms with van der Waals surface area (Å²) in [5.41, 5.74) is 0.886. The Bertz CT molecular complexity index is 877. The van der Waals surface area contributed by atoms with E-state index in [1.54, 1.807) is 31.4 Å². The van der Waals surface area contributed by atoms with Crippen LogP contribution in [-0.2, 0) is 14.8 Å². The Hall–Kier alpha value is -1.96. The van der Waals surface area contributed by atoms with Gasteiger partial charge in [0.1, 0.15) is 11.6 Å². The molecule has 1 aliphatic heterocycles. The van der Waals surface area contributed by atoms with Gasteiger partial charge < -0.3 is 9.47 Å². The number of methoxy groups -OCH3 is 2. The van der Waals surface area contributed by atoms with E-state index in [2.05, 4.69) is 0 Å². The third-order valence-electron chi connectivity index (χ3n) is 4.71. The van der Waals surface area contributed by atoms with Crippen LogP contribution in [0.5, 0.6) is 5.75 Å². The molecule has 0 unspecified atom stereocenters. The van der Waals surface area contributed by atoms with Gasteiger partial charge in [0.2, 0.25) is 10.0 Å². The van der Waals surface area contributed by atoms with E-state index < -0.39 is 10.0 Å². The third kappa shape index (κ3) is 3.60. The summed E-state index contributed by atoms with van der Waals surface area (Å²) in [6.07, 6.45) is 1.43. The SMILES string of the molecule is COc1cc(S(=O)(=O)N2CCC(OC)CC2)ccc1-c1ccccc1F. The summed E-state index contributed by atoms with van der Waals surface area (Å²) in [4.78, 5) is 0.144. The number of halogens is 1. The Morgan fingerprint density at radius 3 is 2.35 bits per heavy atom. The number of benzene rings is 2. The topological polar surface area (TPSA) is 55.8 Å². The number of sulfonamides is 1. The van der Waals surface area contributed by atoms with Gasteiger partial charge in [-0.15, -0.1) is 0 Å². The Kier molecular flexibility index (Phi) is 5.60. The van der Waals surface area contributed by atoms with E-state index in [9.17, 15) is 12.8 Å². The second-order valence-electron chi connectivity index (χ2n) is 6.18. The van der Waals surface area contributed by atoms with Crippen molar-refractivity contribution in [3.63, 3.8) is 0 Å². The summed E-state index contributed by atoms with van der Waals surface area (Å²) < 4.78 is 52.0. The van der Waals surface area contributed by atoms with Crippen molar-refractivity contribution in [2.45, 2.75) is 23.8 Å². The highest BCUT2D eigenvalue weighted by Gasteiger charge is 2.30. The van der Waals surface area contributed by atoms with Crippen molar-refractivity contribution in [2.75, 3.05) is 27.3 Å². The van der Waals surface area contributed by atoms with Crippen molar-refractivity contribution in [1.82, 2.24) is 4.31 Å². The first-order valence-corrected chi connectivity index (χ1v) is 9.87. The molecule has 0 aromatic heterocycles. The van der Waals surface area contributed by atoms with Crippen molar-refractivity contribution >= 4 is 10.0 Å². The first-order chi connectivity index (χ1) is 12.5. The standard InChI is InChI=1S/C19H22FNO4S/c1-24-14-9-11-21(12-10-14)26(22,23)15-7-8-17(19(13-15)25-2)16-5-3-4-6-18(16)20/h3-8,13-14H,9-12H2,1-2H3. The van der Waals surface area contributed by atoms with Crippen molar-refractivity contribution < 1.29 is 22.3 Å². The molecular formula is C19H22FNO4S. The lowest BCUT2D eigenvalue weighted by Gasteiger charge is -2.30. The van der Waals surface area contributed by atoms with Gasteiger partial charge in [0.15, 0.2) is 0 Å². The molecule has 26 heavy (non-hydrogen) atoms. The number of rotatable bonds is 5. The minimum atomic E-state index is -3.63. The lowest BCUT2D eigenvalue weighted by molar-refractivity contribution is 0.0604. The predicted octanol–water partition coefficient (Wildman–Crippen LogP) is 3.30. The fourth-order valence-electron chi connectivity index (χ4n) is 3.19. The number of hydrogen-bond donors (Lipinski definition) is 0. The normalized spacial score (nSPS) is 16.6. The van der Waals surface area contributed by atoms with Crippen molar-refractivity contribution in [3.8, 4) is 16.9 Å². The Labute approximate surface area is 153 Å². The molecule has 7 heteroatoms. The van der Waals surface area contributed by atoms with Gasteiger partial charge in [-0.2, -0.15) is 4.31 Å². The molecule has 0 radical (unpaired) electrons. The third-order valence-corrected chi connectivity index (χ3v) is 6.60. The molecule has 2 aromatic carbocycles. The summed E-state index contributed by atoms with van der Waals surface area (Å²) in [6, 6.07) is 10.9. The van der Waals surface area contributed by atoms with E-state index in [0.29, 0.717) is 42.8 Å². The van der Waals surface area contributed by atoms with Gasteiger partial charge in [-0.25, -0.2) is 12.8 Å². The van der Waals surface area contributed by atoms with Crippen LogP contribution in [-0.4, -0.2) is 46.1 Å². The average Bonchev–Trinajstić information content (AvgIpc) is 2.68. The first kappa shape index (κ1) is 18.8. The maximum Gasteiger partial charge on any atom is 0.243 e. The average molecular weight is 379 g/mol. The number of piperidine rings is 1. The number of ether oxygens (including phenoxy) is 2. The molecule has 0 amide bonds. The number of hydrogen-bond acceptors (Lipinski definition) is 4. The summed E-state index contributed by atoms with van der Waals surface area (Å²) in [6.45, 7) is 0.830. The highest BCUT2D eigenvalue weighted by Crippen LogP contribution is 2.34. The quantitative estimate of drug-likeness (QED) is 0.800. The Morgan fingerprint density at radius 1 is 1.04 bits per heavy atom. The second kappa shape index (κ2) is 7.73. The van der Waals surface area contributed by atoms with Crippen LogP contribution in [0.4, 0.5) is 4.39 Å². The molecule has 1 saturated heterocycles. The van der Waals surface area contributed by atoms with Gasteiger partial charge in [0.25, 0.3) is 0 Å². The summed E-state index contributed by atoms with van der Waals surface area (Å²) in [7, 11) is -0.547. The van der Waals surface area contributed by atoms with Gasteiger partial charge >= 0.3 is 0 Å². The highest BCUT2D eigenvalue weighted by atomic mass is 32.2. The fourth-order valence-corrected chi connectivity index (χ4v) is 4.68. The van der Waals surface area contributed by atoms with Crippen LogP contribution in [0.25, 0.3) is 11.1 Å². The van der Waals surface area contributed by atoms with E-state index in [-0.39, 0.29) is 16.8 Å². The van der Waals surface area contributed by atoms with Crippen LogP contribution in [0.1, 0.15) is 12.8 Å². The summed E-state index contributed by atoms with van der Waals surface area (Å²) in [5.74, 6) is -0.0639. The van der Waals surface area contributed by atoms with Crippen molar-refractivity contribution in [1.29, 1.82) is 0 Å². The van der Waals surface area contributed by atoms with Crippen molar-refractivity contribution in [3.05, 3.63) is 48.3 Å². The van der Waals surface area contributed by atoms with Gasteiger partial charge in [0, 0.05) is 37.4 Å². The van der Waals surface area contributed by atoms with E-state index >= 15 is 0 Å². The van der Waals surface area contributed by atoms with Gasteiger partial charge in [-0.1, -0.05) is 18.2 Å².